The number of methoxy groups -OCH3 is 1. The van der Waals surface area contributed by atoms with E-state index in [4.69, 9.17) is 4.74 Å². The third kappa shape index (κ3) is 4.53. The molecule has 1 amide bonds. The van der Waals surface area contributed by atoms with Crippen molar-refractivity contribution in [1.82, 2.24) is 10.2 Å². The number of carbonyl (C=O) groups excluding carboxylic acids is 1. The van der Waals surface area contributed by atoms with Gasteiger partial charge in [0.2, 0.25) is 5.91 Å². The van der Waals surface area contributed by atoms with Crippen LogP contribution in [0.5, 0.6) is 5.75 Å². The van der Waals surface area contributed by atoms with Gasteiger partial charge in [-0.05, 0) is 56.2 Å². The lowest BCUT2D eigenvalue weighted by molar-refractivity contribution is -0.122. The molecule has 0 atom stereocenters. The summed E-state index contributed by atoms with van der Waals surface area (Å²) < 4.78 is 5.43. The predicted molar refractivity (Wildman–Crippen MR) is 123 cm³/mol. The van der Waals surface area contributed by atoms with Crippen LogP contribution in [0.4, 0.5) is 11.5 Å². The number of hydrogen-bond donors (Lipinski definition) is 0. The molecule has 0 unspecified atom stereocenters. The summed E-state index contributed by atoms with van der Waals surface area (Å²) in [5.41, 5.74) is 2.68. The summed E-state index contributed by atoms with van der Waals surface area (Å²) in [4.78, 5) is 17.2. The Morgan fingerprint density at radius 3 is 2.35 bits per heavy atom. The zero-order valence-corrected chi connectivity index (χ0v) is 18.1. The first-order valence-corrected chi connectivity index (χ1v) is 10.8. The third-order valence-electron chi connectivity index (χ3n) is 5.85. The Morgan fingerprint density at radius 1 is 1.00 bits per heavy atom. The van der Waals surface area contributed by atoms with Gasteiger partial charge in [-0.2, -0.15) is 0 Å². The molecule has 2 heterocycles. The van der Waals surface area contributed by atoms with Gasteiger partial charge in [-0.3, -0.25) is 4.79 Å². The minimum absolute atomic E-state index is 0.0391. The number of aromatic nitrogens is 2. The van der Waals surface area contributed by atoms with Crippen molar-refractivity contribution < 1.29 is 9.53 Å². The van der Waals surface area contributed by atoms with Gasteiger partial charge >= 0.3 is 0 Å². The zero-order chi connectivity index (χ0) is 21.6. The highest BCUT2D eigenvalue weighted by Gasteiger charge is 2.29. The number of hydrogen-bond acceptors (Lipinski definition) is 5. The predicted octanol–water partition coefficient (Wildman–Crippen LogP) is 4.42. The number of anilines is 2. The SMILES string of the molecule is CCN(C(=O)C1CCN(c2ccc(-c3ccccc3OC)nn2)CC1)c1ccccc1. The molecule has 1 aliphatic rings. The number of rotatable bonds is 6. The average molecular weight is 417 g/mol. The van der Waals surface area contributed by atoms with Crippen molar-refractivity contribution in [3.05, 3.63) is 66.7 Å². The highest BCUT2D eigenvalue weighted by Crippen LogP contribution is 2.29. The topological polar surface area (TPSA) is 58.6 Å². The number of piperidine rings is 1. The van der Waals surface area contributed by atoms with Crippen molar-refractivity contribution in [3.63, 3.8) is 0 Å². The molecule has 1 fully saturated rings. The van der Waals surface area contributed by atoms with Gasteiger partial charge in [0.25, 0.3) is 0 Å². The van der Waals surface area contributed by atoms with Gasteiger partial charge in [-0.15, -0.1) is 10.2 Å². The second-order valence-corrected chi connectivity index (χ2v) is 7.66. The van der Waals surface area contributed by atoms with Gasteiger partial charge in [0.15, 0.2) is 5.82 Å². The minimum Gasteiger partial charge on any atom is -0.496 e. The number of nitrogens with zero attached hydrogens (tertiary/aromatic N) is 4. The number of carbonyl (C=O) groups is 1. The van der Waals surface area contributed by atoms with Gasteiger partial charge in [-0.1, -0.05) is 30.3 Å². The standard InChI is InChI=1S/C25H28N4O2/c1-3-29(20-9-5-4-6-10-20)25(30)19-15-17-28(18-16-19)24-14-13-22(26-27-24)21-11-7-8-12-23(21)31-2/h4-14,19H,3,15-18H2,1-2H3. The molecule has 1 aliphatic heterocycles. The molecule has 0 saturated carbocycles. The molecule has 2 aromatic carbocycles. The van der Waals surface area contributed by atoms with Crippen LogP contribution in [0, 0.1) is 5.92 Å². The van der Waals surface area contributed by atoms with E-state index < -0.39 is 0 Å². The second kappa shape index (κ2) is 9.60. The minimum atomic E-state index is 0.0391. The van der Waals surface area contributed by atoms with Crippen LogP contribution in [0.1, 0.15) is 19.8 Å². The van der Waals surface area contributed by atoms with Crippen LogP contribution in [0.3, 0.4) is 0 Å². The van der Waals surface area contributed by atoms with E-state index in [2.05, 4.69) is 15.1 Å². The van der Waals surface area contributed by atoms with Crippen molar-refractivity contribution >= 4 is 17.4 Å². The summed E-state index contributed by atoms with van der Waals surface area (Å²) in [7, 11) is 1.66. The fraction of sp³-hybridized carbons (Fsp3) is 0.320. The molecule has 0 bridgehead atoms. The molecule has 0 N–H and O–H groups in total. The average Bonchev–Trinajstić information content (AvgIpc) is 2.85. The van der Waals surface area contributed by atoms with E-state index in [1.165, 1.54) is 0 Å². The highest BCUT2D eigenvalue weighted by molar-refractivity contribution is 5.95. The normalized spacial score (nSPS) is 14.3. The Balaban J connectivity index is 1.40. The lowest BCUT2D eigenvalue weighted by Crippen LogP contribution is -2.43. The number of amides is 1. The van der Waals surface area contributed by atoms with Gasteiger partial charge in [0.05, 0.1) is 12.8 Å². The number of ether oxygens (including phenoxy) is 1. The largest absolute Gasteiger partial charge is 0.496 e. The summed E-state index contributed by atoms with van der Waals surface area (Å²) in [6.45, 7) is 4.30. The van der Waals surface area contributed by atoms with E-state index >= 15 is 0 Å². The monoisotopic (exact) mass is 416 g/mol. The van der Waals surface area contributed by atoms with Crippen LogP contribution < -0.4 is 14.5 Å². The summed E-state index contributed by atoms with van der Waals surface area (Å²) in [6.07, 6.45) is 1.64. The molecular weight excluding hydrogens is 388 g/mol. The van der Waals surface area contributed by atoms with Crippen LogP contribution in [-0.2, 0) is 4.79 Å². The highest BCUT2D eigenvalue weighted by atomic mass is 16.5. The number of para-hydroxylation sites is 2. The first-order chi connectivity index (χ1) is 15.2. The Kier molecular flexibility index (Phi) is 6.46. The first-order valence-electron chi connectivity index (χ1n) is 10.8. The molecule has 1 aromatic heterocycles. The van der Waals surface area contributed by atoms with E-state index in [-0.39, 0.29) is 11.8 Å². The van der Waals surface area contributed by atoms with Crippen molar-refractivity contribution in [1.29, 1.82) is 0 Å². The van der Waals surface area contributed by atoms with Crippen molar-refractivity contribution in [2.45, 2.75) is 19.8 Å². The van der Waals surface area contributed by atoms with Crippen LogP contribution in [-0.4, -0.2) is 42.8 Å². The van der Waals surface area contributed by atoms with Gasteiger partial charge in [0, 0.05) is 36.8 Å². The van der Waals surface area contributed by atoms with Gasteiger partial charge < -0.3 is 14.5 Å². The lowest BCUT2D eigenvalue weighted by Gasteiger charge is -2.34. The Bertz CT molecular complexity index is 1000. The van der Waals surface area contributed by atoms with Gasteiger partial charge in [-0.25, -0.2) is 0 Å². The summed E-state index contributed by atoms with van der Waals surface area (Å²) in [6, 6.07) is 21.7. The molecular formula is C25H28N4O2. The zero-order valence-electron chi connectivity index (χ0n) is 18.1. The van der Waals surface area contributed by atoms with Crippen molar-refractivity contribution in [2.24, 2.45) is 5.92 Å². The molecule has 1 saturated heterocycles. The fourth-order valence-corrected chi connectivity index (χ4v) is 4.14. The van der Waals surface area contributed by atoms with E-state index in [1.807, 2.05) is 78.6 Å². The second-order valence-electron chi connectivity index (χ2n) is 7.66. The summed E-state index contributed by atoms with van der Waals surface area (Å²) in [5, 5.41) is 8.87. The van der Waals surface area contributed by atoms with E-state index in [0.717, 1.165) is 54.4 Å². The first kappa shape index (κ1) is 20.8. The Morgan fingerprint density at radius 2 is 1.71 bits per heavy atom. The Labute approximate surface area is 183 Å². The smallest absolute Gasteiger partial charge is 0.230 e. The summed E-state index contributed by atoms with van der Waals surface area (Å²) >= 11 is 0. The van der Waals surface area contributed by atoms with Crippen LogP contribution in [0.2, 0.25) is 0 Å². The molecule has 3 aromatic rings. The van der Waals surface area contributed by atoms with Gasteiger partial charge in [0.1, 0.15) is 5.75 Å². The van der Waals surface area contributed by atoms with Crippen LogP contribution in [0.15, 0.2) is 66.7 Å². The maximum atomic E-state index is 13.1. The molecule has 4 rings (SSSR count). The Hall–Kier alpha value is -3.41. The molecule has 0 radical (unpaired) electrons. The molecule has 6 heteroatoms. The molecule has 0 aliphatic carbocycles. The maximum absolute atomic E-state index is 13.1. The summed E-state index contributed by atoms with van der Waals surface area (Å²) in [5.74, 6) is 1.88. The number of benzene rings is 2. The lowest BCUT2D eigenvalue weighted by atomic mass is 9.95. The fourth-order valence-electron chi connectivity index (χ4n) is 4.14. The van der Waals surface area contributed by atoms with E-state index in [1.54, 1.807) is 7.11 Å². The third-order valence-corrected chi connectivity index (χ3v) is 5.85. The molecule has 31 heavy (non-hydrogen) atoms. The molecule has 0 spiro atoms. The maximum Gasteiger partial charge on any atom is 0.230 e. The van der Waals surface area contributed by atoms with Crippen LogP contribution in [0.25, 0.3) is 11.3 Å². The van der Waals surface area contributed by atoms with E-state index in [0.29, 0.717) is 6.54 Å². The van der Waals surface area contributed by atoms with Crippen molar-refractivity contribution in [3.8, 4) is 17.0 Å². The van der Waals surface area contributed by atoms with Crippen LogP contribution >= 0.6 is 0 Å². The quantitative estimate of drug-likeness (QED) is 0.595. The molecule has 160 valence electrons. The van der Waals surface area contributed by atoms with E-state index in [9.17, 15) is 4.79 Å². The van der Waals surface area contributed by atoms with Crippen molar-refractivity contribution in [2.75, 3.05) is 36.5 Å². The molecule has 6 nitrogen and oxygen atoms in total.